The minimum atomic E-state index is -0.863. The van der Waals surface area contributed by atoms with Crippen molar-refractivity contribution < 1.29 is 19.8 Å². The normalized spacial score (nSPS) is 10.1. The molecule has 7 heteroatoms. The van der Waals surface area contributed by atoms with E-state index < -0.39 is 6.09 Å². The maximum atomic E-state index is 11.4. The standard InChI is InChI=1S/C12H13N3O4/c16-10-6-7-11(17)15(10)19-12(18)14-13-8-9-4-2-1-3-5-9/h1-7,13,16-17H,8H2,(H,14,18). The molecule has 1 aromatic carbocycles. The molecule has 100 valence electrons. The lowest BCUT2D eigenvalue weighted by atomic mass is 10.2. The van der Waals surface area contributed by atoms with Crippen molar-refractivity contribution in [2.45, 2.75) is 6.54 Å². The second-order valence-electron chi connectivity index (χ2n) is 3.69. The number of hydrogen-bond donors (Lipinski definition) is 4. The van der Waals surface area contributed by atoms with Gasteiger partial charge in [0.2, 0.25) is 11.8 Å². The molecule has 7 nitrogen and oxygen atoms in total. The van der Waals surface area contributed by atoms with Gasteiger partial charge in [-0.05, 0) is 5.56 Å². The molecular formula is C12H13N3O4. The van der Waals surface area contributed by atoms with Crippen molar-refractivity contribution in [3.8, 4) is 11.8 Å². The highest BCUT2D eigenvalue weighted by molar-refractivity contribution is 5.67. The van der Waals surface area contributed by atoms with Crippen LogP contribution in [0.2, 0.25) is 0 Å². The molecule has 0 spiro atoms. The highest BCUT2D eigenvalue weighted by atomic mass is 16.7. The largest absolute Gasteiger partial charge is 0.492 e. The Morgan fingerprint density at radius 3 is 2.37 bits per heavy atom. The predicted octanol–water partition coefficient (Wildman–Crippen LogP) is 0.742. The van der Waals surface area contributed by atoms with Crippen molar-refractivity contribution in [3.05, 3.63) is 48.0 Å². The van der Waals surface area contributed by atoms with E-state index in [1.54, 1.807) is 0 Å². The predicted molar refractivity (Wildman–Crippen MR) is 66.2 cm³/mol. The van der Waals surface area contributed by atoms with E-state index in [0.29, 0.717) is 11.3 Å². The third-order valence-electron chi connectivity index (χ3n) is 2.30. The molecule has 0 radical (unpaired) electrons. The Hall–Kier alpha value is -2.67. The number of benzene rings is 1. The van der Waals surface area contributed by atoms with Crippen LogP contribution in [0.15, 0.2) is 42.5 Å². The van der Waals surface area contributed by atoms with E-state index in [1.807, 2.05) is 30.3 Å². The lowest BCUT2D eigenvalue weighted by molar-refractivity contribution is 0.104. The Morgan fingerprint density at radius 2 is 1.74 bits per heavy atom. The molecule has 1 heterocycles. The van der Waals surface area contributed by atoms with E-state index in [-0.39, 0.29) is 11.8 Å². The first-order chi connectivity index (χ1) is 9.16. The molecule has 1 aromatic heterocycles. The van der Waals surface area contributed by atoms with Crippen molar-refractivity contribution in [1.82, 2.24) is 15.6 Å². The minimum absolute atomic E-state index is 0.379. The summed E-state index contributed by atoms with van der Waals surface area (Å²) in [5.74, 6) is -0.758. The minimum Gasteiger partial charge on any atom is -0.492 e. The van der Waals surface area contributed by atoms with Crippen LogP contribution in [0, 0.1) is 0 Å². The Labute approximate surface area is 109 Å². The van der Waals surface area contributed by atoms with Gasteiger partial charge < -0.3 is 15.1 Å². The van der Waals surface area contributed by atoms with Crippen molar-refractivity contribution in [3.63, 3.8) is 0 Å². The maximum Gasteiger partial charge on any atom is 0.446 e. The van der Waals surface area contributed by atoms with Crippen LogP contribution in [0.1, 0.15) is 5.56 Å². The molecule has 1 amide bonds. The third kappa shape index (κ3) is 3.39. The fourth-order valence-electron chi connectivity index (χ4n) is 1.42. The summed E-state index contributed by atoms with van der Waals surface area (Å²) in [5.41, 5.74) is 5.90. The number of nitrogens with zero attached hydrogens (tertiary/aromatic N) is 1. The van der Waals surface area contributed by atoms with E-state index in [1.165, 1.54) is 12.1 Å². The summed E-state index contributed by atoms with van der Waals surface area (Å²) in [7, 11) is 0. The fraction of sp³-hybridized carbons (Fsp3) is 0.0833. The van der Waals surface area contributed by atoms with Crippen molar-refractivity contribution in [1.29, 1.82) is 0 Å². The van der Waals surface area contributed by atoms with E-state index in [4.69, 9.17) is 0 Å². The number of rotatable bonds is 4. The van der Waals surface area contributed by atoms with Crippen molar-refractivity contribution in [2.75, 3.05) is 0 Å². The highest BCUT2D eigenvalue weighted by Crippen LogP contribution is 2.18. The molecule has 4 N–H and O–H groups in total. The lowest BCUT2D eigenvalue weighted by Crippen LogP contribution is -2.41. The summed E-state index contributed by atoms with van der Waals surface area (Å²) in [6.45, 7) is 0.416. The van der Waals surface area contributed by atoms with Gasteiger partial charge in [-0.15, -0.1) is 4.73 Å². The Kier molecular flexibility index (Phi) is 3.89. The quantitative estimate of drug-likeness (QED) is 0.610. The van der Waals surface area contributed by atoms with E-state index in [2.05, 4.69) is 15.7 Å². The van der Waals surface area contributed by atoms with E-state index in [9.17, 15) is 15.0 Å². The number of hydrazine groups is 1. The smallest absolute Gasteiger partial charge is 0.446 e. The monoisotopic (exact) mass is 263 g/mol. The molecule has 2 aromatic rings. The van der Waals surface area contributed by atoms with Crippen molar-refractivity contribution in [2.24, 2.45) is 0 Å². The molecule has 2 rings (SSSR count). The van der Waals surface area contributed by atoms with Gasteiger partial charge in [-0.1, -0.05) is 30.3 Å². The zero-order valence-electron chi connectivity index (χ0n) is 9.91. The molecule has 0 bridgehead atoms. The van der Waals surface area contributed by atoms with Crippen LogP contribution in [-0.2, 0) is 6.54 Å². The molecule has 0 fully saturated rings. The van der Waals surface area contributed by atoms with Gasteiger partial charge in [-0.25, -0.2) is 10.2 Å². The summed E-state index contributed by atoms with van der Waals surface area (Å²) in [5, 5.41) is 18.5. The van der Waals surface area contributed by atoms with Crippen LogP contribution >= 0.6 is 0 Å². The van der Waals surface area contributed by atoms with Crippen LogP contribution in [0.5, 0.6) is 11.8 Å². The zero-order chi connectivity index (χ0) is 13.7. The van der Waals surface area contributed by atoms with Gasteiger partial charge >= 0.3 is 6.09 Å². The molecule has 0 aliphatic rings. The summed E-state index contributed by atoms with van der Waals surface area (Å²) in [4.78, 5) is 16.0. The molecule has 19 heavy (non-hydrogen) atoms. The Morgan fingerprint density at radius 1 is 1.11 bits per heavy atom. The van der Waals surface area contributed by atoms with E-state index in [0.717, 1.165) is 5.56 Å². The average Bonchev–Trinajstić information content (AvgIpc) is 2.72. The number of amides is 1. The molecule has 0 atom stereocenters. The molecule has 0 saturated carbocycles. The Bertz CT molecular complexity index is 534. The second-order valence-corrected chi connectivity index (χ2v) is 3.69. The number of carbonyl (C=O) groups excluding carboxylic acids is 1. The maximum absolute atomic E-state index is 11.4. The van der Waals surface area contributed by atoms with Crippen LogP contribution in [0.4, 0.5) is 4.79 Å². The SMILES string of the molecule is O=C(NNCc1ccccc1)On1c(O)ccc1O. The first kappa shape index (κ1) is 12.8. The van der Waals surface area contributed by atoms with Gasteiger partial charge in [-0.2, -0.15) is 0 Å². The molecular weight excluding hydrogens is 250 g/mol. The average molecular weight is 263 g/mol. The zero-order valence-corrected chi connectivity index (χ0v) is 9.91. The number of carbonyl (C=O) groups is 1. The third-order valence-corrected chi connectivity index (χ3v) is 2.30. The molecule has 0 aliphatic heterocycles. The van der Waals surface area contributed by atoms with Crippen molar-refractivity contribution >= 4 is 6.09 Å². The van der Waals surface area contributed by atoms with Gasteiger partial charge in [0.05, 0.1) is 0 Å². The molecule has 0 unspecified atom stereocenters. The van der Waals surface area contributed by atoms with Gasteiger partial charge in [-0.3, -0.25) is 5.43 Å². The van der Waals surface area contributed by atoms with E-state index >= 15 is 0 Å². The number of nitrogens with one attached hydrogen (secondary N) is 2. The second kappa shape index (κ2) is 5.78. The first-order valence-corrected chi connectivity index (χ1v) is 5.51. The fourth-order valence-corrected chi connectivity index (χ4v) is 1.42. The van der Waals surface area contributed by atoms with Crippen LogP contribution in [0.25, 0.3) is 0 Å². The summed E-state index contributed by atoms with van der Waals surface area (Å²) >= 11 is 0. The molecule has 0 aliphatic carbocycles. The molecule has 0 saturated heterocycles. The number of aromatic nitrogens is 1. The van der Waals surface area contributed by atoms with Crippen LogP contribution in [-0.4, -0.2) is 21.0 Å². The van der Waals surface area contributed by atoms with Crippen LogP contribution < -0.4 is 15.7 Å². The highest BCUT2D eigenvalue weighted by Gasteiger charge is 2.11. The first-order valence-electron chi connectivity index (χ1n) is 5.51. The van der Waals surface area contributed by atoms with Crippen LogP contribution in [0.3, 0.4) is 0 Å². The number of aromatic hydroxyl groups is 2. The van der Waals surface area contributed by atoms with Gasteiger partial charge in [0.1, 0.15) is 0 Å². The lowest BCUT2D eigenvalue weighted by Gasteiger charge is -2.09. The Balaban J connectivity index is 1.79. The summed E-state index contributed by atoms with van der Waals surface area (Å²) in [6, 6.07) is 11.8. The topological polar surface area (TPSA) is 95.8 Å². The van der Waals surface area contributed by atoms with Gasteiger partial charge in [0.15, 0.2) is 0 Å². The summed E-state index contributed by atoms with van der Waals surface area (Å²) in [6.07, 6.45) is -0.863. The summed E-state index contributed by atoms with van der Waals surface area (Å²) < 4.78 is 0.597. The van der Waals surface area contributed by atoms with Gasteiger partial charge in [0, 0.05) is 18.7 Å². The number of hydrogen-bond acceptors (Lipinski definition) is 5. The van der Waals surface area contributed by atoms with Gasteiger partial charge in [0.25, 0.3) is 0 Å².